The molecule has 0 spiro atoms. The van der Waals surface area contributed by atoms with Crippen molar-refractivity contribution >= 4 is 17.7 Å². The van der Waals surface area contributed by atoms with Crippen LogP contribution in [-0.4, -0.2) is 42.2 Å². The molecule has 1 heterocycles. The predicted molar refractivity (Wildman–Crippen MR) is 71.1 cm³/mol. The van der Waals surface area contributed by atoms with E-state index in [1.54, 1.807) is 0 Å². The molecule has 0 aromatic heterocycles. The summed E-state index contributed by atoms with van der Waals surface area (Å²) in [6, 6.07) is 3.86. The summed E-state index contributed by atoms with van der Waals surface area (Å²) in [6.45, 7) is 4.28. The van der Waals surface area contributed by atoms with Gasteiger partial charge in [-0.25, -0.2) is 8.78 Å². The van der Waals surface area contributed by atoms with Crippen molar-refractivity contribution in [1.82, 2.24) is 10.2 Å². The van der Waals surface area contributed by atoms with E-state index in [4.69, 9.17) is 0 Å². The number of carbonyl (C=O) groups excluding carboxylic acids is 1. The molecule has 1 saturated heterocycles. The van der Waals surface area contributed by atoms with Gasteiger partial charge in [-0.2, -0.15) is 0 Å². The second-order valence-corrected chi connectivity index (χ2v) is 5.55. The largest absolute Gasteiger partial charge is 0.337 e. The maximum atomic E-state index is 13.0. The zero-order valence-electron chi connectivity index (χ0n) is 10.7. The molecule has 0 radical (unpaired) electrons. The number of piperazine rings is 1. The summed E-state index contributed by atoms with van der Waals surface area (Å²) in [5.41, 5.74) is 0. The van der Waals surface area contributed by atoms with Gasteiger partial charge in [0.2, 0.25) is 5.91 Å². The highest BCUT2D eigenvalue weighted by molar-refractivity contribution is 8.00. The summed E-state index contributed by atoms with van der Waals surface area (Å²) < 4.78 is 25.8. The lowest BCUT2D eigenvalue weighted by molar-refractivity contribution is -0.131. The van der Waals surface area contributed by atoms with Crippen molar-refractivity contribution < 1.29 is 13.6 Å². The highest BCUT2D eigenvalue weighted by Crippen LogP contribution is 2.21. The van der Waals surface area contributed by atoms with Gasteiger partial charge in [0.05, 0.1) is 5.75 Å². The van der Waals surface area contributed by atoms with Crippen molar-refractivity contribution in [1.29, 1.82) is 0 Å². The van der Waals surface area contributed by atoms with Crippen molar-refractivity contribution in [2.45, 2.75) is 17.9 Å². The second kappa shape index (κ2) is 6.34. The van der Waals surface area contributed by atoms with Crippen LogP contribution in [0.2, 0.25) is 0 Å². The smallest absolute Gasteiger partial charge is 0.233 e. The molecule has 0 bridgehead atoms. The van der Waals surface area contributed by atoms with Crippen LogP contribution in [0.3, 0.4) is 0 Å². The van der Waals surface area contributed by atoms with E-state index in [0.717, 1.165) is 25.2 Å². The van der Waals surface area contributed by atoms with Crippen molar-refractivity contribution in [3.05, 3.63) is 29.8 Å². The molecule has 6 heteroatoms. The van der Waals surface area contributed by atoms with E-state index in [9.17, 15) is 13.6 Å². The molecule has 3 nitrogen and oxygen atoms in total. The molecule has 1 aliphatic heterocycles. The third-order valence-electron chi connectivity index (χ3n) is 3.08. The van der Waals surface area contributed by atoms with Gasteiger partial charge in [-0.05, 0) is 25.1 Å². The van der Waals surface area contributed by atoms with E-state index in [1.165, 1.54) is 17.8 Å². The Kier molecular flexibility index (Phi) is 4.76. The van der Waals surface area contributed by atoms with Gasteiger partial charge in [0, 0.05) is 30.6 Å². The number of rotatable bonds is 3. The Bertz CT molecular complexity index is 470. The Morgan fingerprint density at radius 2 is 2.26 bits per heavy atom. The summed E-state index contributed by atoms with van der Waals surface area (Å²) in [5, 5.41) is 3.21. The van der Waals surface area contributed by atoms with Gasteiger partial charge in [-0.3, -0.25) is 4.79 Å². The lowest BCUT2D eigenvalue weighted by Gasteiger charge is -2.33. The number of hydrogen-bond donors (Lipinski definition) is 1. The van der Waals surface area contributed by atoms with Gasteiger partial charge in [-0.15, -0.1) is 11.8 Å². The van der Waals surface area contributed by atoms with E-state index in [0.29, 0.717) is 11.4 Å². The summed E-state index contributed by atoms with van der Waals surface area (Å²) >= 11 is 1.23. The van der Waals surface area contributed by atoms with Crippen molar-refractivity contribution in [3.8, 4) is 0 Å². The first-order valence-electron chi connectivity index (χ1n) is 6.16. The zero-order valence-corrected chi connectivity index (χ0v) is 11.5. The minimum absolute atomic E-state index is 0.0312. The third-order valence-corrected chi connectivity index (χ3v) is 4.05. The van der Waals surface area contributed by atoms with Crippen LogP contribution in [0.15, 0.2) is 23.1 Å². The quantitative estimate of drug-likeness (QED) is 0.861. The van der Waals surface area contributed by atoms with Crippen LogP contribution in [0.1, 0.15) is 6.92 Å². The number of carbonyl (C=O) groups is 1. The van der Waals surface area contributed by atoms with Crippen LogP contribution in [0, 0.1) is 11.6 Å². The first-order valence-corrected chi connectivity index (χ1v) is 7.14. The Balaban J connectivity index is 1.90. The number of benzene rings is 1. The second-order valence-electron chi connectivity index (χ2n) is 4.50. The molecule has 1 amide bonds. The van der Waals surface area contributed by atoms with Gasteiger partial charge in [0.1, 0.15) is 0 Å². The first-order chi connectivity index (χ1) is 9.08. The summed E-state index contributed by atoms with van der Waals surface area (Å²) in [5.74, 6) is -1.47. The summed E-state index contributed by atoms with van der Waals surface area (Å²) in [4.78, 5) is 14.4. The fraction of sp³-hybridized carbons (Fsp3) is 0.462. The molecule has 1 fully saturated rings. The van der Waals surface area contributed by atoms with Crippen LogP contribution in [0.25, 0.3) is 0 Å². The summed E-state index contributed by atoms with van der Waals surface area (Å²) in [7, 11) is 0. The van der Waals surface area contributed by atoms with Crippen LogP contribution < -0.4 is 5.32 Å². The normalized spacial score (nSPS) is 19.5. The van der Waals surface area contributed by atoms with E-state index < -0.39 is 11.6 Å². The predicted octanol–water partition coefficient (Wildman–Crippen LogP) is 1.88. The average Bonchev–Trinajstić information content (AvgIpc) is 2.40. The molecule has 1 aromatic carbocycles. The summed E-state index contributed by atoms with van der Waals surface area (Å²) in [6.07, 6.45) is 0. The number of nitrogens with one attached hydrogen (secondary N) is 1. The Morgan fingerprint density at radius 3 is 2.95 bits per heavy atom. The van der Waals surface area contributed by atoms with Crippen LogP contribution in [-0.2, 0) is 4.79 Å². The number of amides is 1. The van der Waals surface area contributed by atoms with Crippen molar-refractivity contribution in [3.63, 3.8) is 0 Å². The van der Waals surface area contributed by atoms with Crippen LogP contribution in [0.4, 0.5) is 8.78 Å². The van der Waals surface area contributed by atoms with Crippen LogP contribution >= 0.6 is 11.8 Å². The first kappa shape index (κ1) is 14.3. The molecular weight excluding hydrogens is 270 g/mol. The Morgan fingerprint density at radius 1 is 1.47 bits per heavy atom. The highest BCUT2D eigenvalue weighted by atomic mass is 32.2. The van der Waals surface area contributed by atoms with E-state index in [-0.39, 0.29) is 17.7 Å². The zero-order chi connectivity index (χ0) is 13.8. The molecule has 0 aliphatic carbocycles. The number of hydrogen-bond acceptors (Lipinski definition) is 3. The third kappa shape index (κ3) is 3.67. The molecule has 2 rings (SSSR count). The molecule has 1 aliphatic rings. The Hall–Kier alpha value is -1.14. The highest BCUT2D eigenvalue weighted by Gasteiger charge is 2.22. The minimum Gasteiger partial charge on any atom is -0.337 e. The molecule has 0 saturated carbocycles. The molecule has 1 atom stereocenters. The number of nitrogens with zero attached hydrogens (tertiary/aromatic N) is 1. The Labute approximate surface area is 115 Å². The van der Waals surface area contributed by atoms with Gasteiger partial charge in [0.15, 0.2) is 11.6 Å². The van der Waals surface area contributed by atoms with E-state index in [2.05, 4.69) is 5.32 Å². The van der Waals surface area contributed by atoms with Crippen molar-refractivity contribution in [2.24, 2.45) is 0 Å². The molecule has 19 heavy (non-hydrogen) atoms. The van der Waals surface area contributed by atoms with Gasteiger partial charge < -0.3 is 10.2 Å². The van der Waals surface area contributed by atoms with Crippen molar-refractivity contribution in [2.75, 3.05) is 25.4 Å². The van der Waals surface area contributed by atoms with Crippen LogP contribution in [0.5, 0.6) is 0 Å². The fourth-order valence-corrected chi connectivity index (χ4v) is 2.81. The lowest BCUT2D eigenvalue weighted by atomic mass is 10.2. The maximum Gasteiger partial charge on any atom is 0.233 e. The minimum atomic E-state index is -0.881. The topological polar surface area (TPSA) is 32.3 Å². The maximum absolute atomic E-state index is 13.0. The standard InChI is InChI=1S/C13H16F2N2OS/c1-9-7-16-4-5-17(9)13(18)8-19-10-2-3-11(14)12(15)6-10/h2-3,6,9,16H,4-5,7-8H2,1H3/t9-/m1/s1. The van der Waals surface area contributed by atoms with Gasteiger partial charge >= 0.3 is 0 Å². The van der Waals surface area contributed by atoms with E-state index in [1.807, 2.05) is 11.8 Å². The van der Waals surface area contributed by atoms with Gasteiger partial charge in [0.25, 0.3) is 0 Å². The molecule has 0 unspecified atom stereocenters. The molecule has 1 aromatic rings. The molecular formula is C13H16F2N2OS. The van der Waals surface area contributed by atoms with E-state index >= 15 is 0 Å². The molecule has 1 N–H and O–H groups in total. The SMILES string of the molecule is C[C@@H]1CNCCN1C(=O)CSc1ccc(F)c(F)c1. The lowest BCUT2D eigenvalue weighted by Crippen LogP contribution is -2.52. The monoisotopic (exact) mass is 286 g/mol. The molecule has 104 valence electrons. The average molecular weight is 286 g/mol. The fourth-order valence-electron chi connectivity index (χ4n) is 2.01. The number of halogens is 2. The number of thioether (sulfide) groups is 1. The van der Waals surface area contributed by atoms with Gasteiger partial charge in [-0.1, -0.05) is 0 Å².